The van der Waals surface area contributed by atoms with Crippen molar-refractivity contribution < 1.29 is 19.4 Å². The Morgan fingerprint density at radius 3 is 2.65 bits per heavy atom. The van der Waals surface area contributed by atoms with Crippen LogP contribution in [0.1, 0.15) is 30.6 Å². The molecular formula is C12H16FNO3. The SMILES string of the molecule is CC(O)CC(C)NC(=O)c1c(O)cccc1F. The van der Waals surface area contributed by atoms with Gasteiger partial charge in [0.25, 0.3) is 5.91 Å². The summed E-state index contributed by atoms with van der Waals surface area (Å²) in [7, 11) is 0. The lowest BCUT2D eigenvalue weighted by molar-refractivity contribution is 0.0916. The van der Waals surface area contributed by atoms with Gasteiger partial charge >= 0.3 is 0 Å². The Morgan fingerprint density at radius 1 is 1.47 bits per heavy atom. The van der Waals surface area contributed by atoms with Crippen LogP contribution in [0.15, 0.2) is 18.2 Å². The molecule has 0 heterocycles. The van der Waals surface area contributed by atoms with Crippen molar-refractivity contribution in [1.82, 2.24) is 5.32 Å². The third-order valence-corrected chi connectivity index (χ3v) is 2.29. The molecule has 0 radical (unpaired) electrons. The maximum Gasteiger partial charge on any atom is 0.258 e. The summed E-state index contributed by atoms with van der Waals surface area (Å²) in [6.07, 6.45) is -0.194. The average molecular weight is 241 g/mol. The van der Waals surface area contributed by atoms with E-state index < -0.39 is 23.6 Å². The summed E-state index contributed by atoms with van der Waals surface area (Å²) >= 11 is 0. The highest BCUT2D eigenvalue weighted by Gasteiger charge is 2.18. The van der Waals surface area contributed by atoms with E-state index in [2.05, 4.69) is 5.32 Å². The predicted octanol–water partition coefficient (Wildman–Crippen LogP) is 1.42. The number of carbonyl (C=O) groups excluding carboxylic acids is 1. The molecule has 1 aromatic carbocycles. The van der Waals surface area contributed by atoms with Crippen LogP contribution >= 0.6 is 0 Å². The van der Waals surface area contributed by atoms with Gasteiger partial charge < -0.3 is 15.5 Å². The van der Waals surface area contributed by atoms with Crippen LogP contribution in [0, 0.1) is 5.82 Å². The van der Waals surface area contributed by atoms with Crippen molar-refractivity contribution >= 4 is 5.91 Å². The molecule has 0 fully saturated rings. The van der Waals surface area contributed by atoms with Gasteiger partial charge in [-0.3, -0.25) is 4.79 Å². The molecule has 0 aromatic heterocycles. The minimum Gasteiger partial charge on any atom is -0.507 e. The fourth-order valence-electron chi connectivity index (χ4n) is 1.60. The number of phenolic OH excluding ortho intramolecular Hbond substituents is 1. The lowest BCUT2D eigenvalue weighted by Gasteiger charge is -2.16. The van der Waals surface area contributed by atoms with E-state index in [0.29, 0.717) is 6.42 Å². The monoisotopic (exact) mass is 241 g/mol. The van der Waals surface area contributed by atoms with Crippen molar-refractivity contribution in [3.63, 3.8) is 0 Å². The number of hydrogen-bond donors (Lipinski definition) is 3. The number of aliphatic hydroxyl groups is 1. The van der Waals surface area contributed by atoms with E-state index >= 15 is 0 Å². The molecule has 0 bridgehead atoms. The Hall–Kier alpha value is -1.62. The number of nitrogens with one attached hydrogen (secondary N) is 1. The fourth-order valence-corrected chi connectivity index (χ4v) is 1.60. The van der Waals surface area contributed by atoms with Crippen LogP contribution in [0.4, 0.5) is 4.39 Å². The summed E-state index contributed by atoms with van der Waals surface area (Å²) in [6.45, 7) is 3.30. The van der Waals surface area contributed by atoms with Crippen molar-refractivity contribution in [2.45, 2.75) is 32.4 Å². The minimum absolute atomic E-state index is 0.304. The maximum absolute atomic E-state index is 13.3. The summed E-state index contributed by atoms with van der Waals surface area (Å²) in [5.74, 6) is -1.85. The third kappa shape index (κ3) is 3.71. The number of hydrogen-bond acceptors (Lipinski definition) is 3. The second kappa shape index (κ2) is 5.63. The lowest BCUT2D eigenvalue weighted by atomic mass is 10.1. The van der Waals surface area contributed by atoms with Crippen LogP contribution in [-0.4, -0.2) is 28.3 Å². The minimum atomic E-state index is -0.772. The van der Waals surface area contributed by atoms with E-state index in [0.717, 1.165) is 6.07 Å². The molecule has 1 rings (SSSR count). The zero-order chi connectivity index (χ0) is 13.0. The highest BCUT2D eigenvalue weighted by Crippen LogP contribution is 2.19. The predicted molar refractivity (Wildman–Crippen MR) is 61.3 cm³/mol. The molecule has 94 valence electrons. The molecular weight excluding hydrogens is 225 g/mol. The topological polar surface area (TPSA) is 69.6 Å². The smallest absolute Gasteiger partial charge is 0.258 e. The Morgan fingerprint density at radius 2 is 2.12 bits per heavy atom. The fraction of sp³-hybridized carbons (Fsp3) is 0.417. The molecule has 0 aliphatic heterocycles. The quantitative estimate of drug-likeness (QED) is 0.746. The zero-order valence-electron chi connectivity index (χ0n) is 9.77. The zero-order valence-corrected chi connectivity index (χ0v) is 9.77. The largest absolute Gasteiger partial charge is 0.507 e. The standard InChI is InChI=1S/C12H16FNO3/c1-7(6-8(2)15)14-12(17)11-9(13)4-3-5-10(11)16/h3-5,7-8,15-16H,6H2,1-2H3,(H,14,17). The number of amides is 1. The van der Waals surface area contributed by atoms with Crippen LogP contribution < -0.4 is 5.32 Å². The highest BCUT2D eigenvalue weighted by molar-refractivity contribution is 5.97. The molecule has 1 aromatic rings. The number of benzene rings is 1. The van der Waals surface area contributed by atoms with Crippen molar-refractivity contribution in [2.24, 2.45) is 0 Å². The Kier molecular flexibility index (Phi) is 4.45. The molecule has 17 heavy (non-hydrogen) atoms. The maximum atomic E-state index is 13.3. The molecule has 1 amide bonds. The average Bonchev–Trinajstić information content (AvgIpc) is 2.15. The second-order valence-electron chi connectivity index (χ2n) is 4.09. The van der Waals surface area contributed by atoms with Gasteiger partial charge in [-0.2, -0.15) is 0 Å². The van der Waals surface area contributed by atoms with Gasteiger partial charge in [-0.15, -0.1) is 0 Å². The third-order valence-electron chi connectivity index (χ3n) is 2.29. The van der Waals surface area contributed by atoms with Gasteiger partial charge in [0.05, 0.1) is 6.10 Å². The first-order valence-electron chi connectivity index (χ1n) is 5.38. The van der Waals surface area contributed by atoms with Crippen LogP contribution in [0.3, 0.4) is 0 Å². The lowest BCUT2D eigenvalue weighted by Crippen LogP contribution is -2.35. The van der Waals surface area contributed by atoms with Crippen LogP contribution in [0.2, 0.25) is 0 Å². The molecule has 0 saturated carbocycles. The van der Waals surface area contributed by atoms with Gasteiger partial charge in [-0.1, -0.05) is 6.07 Å². The van der Waals surface area contributed by atoms with Gasteiger partial charge in [0, 0.05) is 6.04 Å². The van der Waals surface area contributed by atoms with E-state index in [1.54, 1.807) is 13.8 Å². The Bertz CT molecular complexity index is 386. The molecule has 2 atom stereocenters. The van der Waals surface area contributed by atoms with Crippen molar-refractivity contribution in [3.8, 4) is 5.75 Å². The molecule has 2 unspecified atom stereocenters. The summed E-state index contributed by atoms with van der Waals surface area (Å²) < 4.78 is 13.3. The molecule has 5 heteroatoms. The van der Waals surface area contributed by atoms with E-state index in [1.165, 1.54) is 12.1 Å². The number of aromatic hydroxyl groups is 1. The van der Waals surface area contributed by atoms with Gasteiger partial charge in [0.15, 0.2) is 0 Å². The summed E-state index contributed by atoms with van der Waals surface area (Å²) in [5, 5.41) is 21.1. The Labute approximate surface area is 99.1 Å². The molecule has 0 aliphatic rings. The van der Waals surface area contributed by atoms with E-state index in [1.807, 2.05) is 0 Å². The molecule has 0 aliphatic carbocycles. The van der Waals surface area contributed by atoms with Crippen LogP contribution in [-0.2, 0) is 0 Å². The summed E-state index contributed by atoms with van der Waals surface area (Å²) in [5.41, 5.74) is -0.370. The Balaban J connectivity index is 2.77. The van der Waals surface area contributed by atoms with Gasteiger partial charge in [0.1, 0.15) is 17.1 Å². The highest BCUT2D eigenvalue weighted by atomic mass is 19.1. The summed E-state index contributed by atoms with van der Waals surface area (Å²) in [4.78, 5) is 11.7. The van der Waals surface area contributed by atoms with Crippen LogP contribution in [0.5, 0.6) is 5.75 Å². The molecule has 4 nitrogen and oxygen atoms in total. The normalized spacial score (nSPS) is 14.1. The van der Waals surface area contributed by atoms with Crippen LogP contribution in [0.25, 0.3) is 0 Å². The van der Waals surface area contributed by atoms with Crippen molar-refractivity contribution in [1.29, 1.82) is 0 Å². The second-order valence-corrected chi connectivity index (χ2v) is 4.09. The van der Waals surface area contributed by atoms with Gasteiger partial charge in [0.2, 0.25) is 0 Å². The van der Waals surface area contributed by atoms with Gasteiger partial charge in [-0.25, -0.2) is 4.39 Å². The van der Waals surface area contributed by atoms with E-state index in [9.17, 15) is 14.3 Å². The number of rotatable bonds is 4. The molecule has 3 N–H and O–H groups in total. The number of carbonyl (C=O) groups is 1. The van der Waals surface area contributed by atoms with Crippen molar-refractivity contribution in [3.05, 3.63) is 29.6 Å². The first kappa shape index (κ1) is 13.4. The number of aliphatic hydroxyl groups excluding tert-OH is 1. The van der Waals surface area contributed by atoms with Crippen molar-refractivity contribution in [2.75, 3.05) is 0 Å². The number of phenols is 1. The molecule has 0 saturated heterocycles. The van der Waals surface area contributed by atoms with E-state index in [4.69, 9.17) is 5.11 Å². The van der Waals surface area contributed by atoms with Gasteiger partial charge in [-0.05, 0) is 32.4 Å². The first-order chi connectivity index (χ1) is 7.91. The molecule has 0 spiro atoms. The number of halogens is 1. The van der Waals surface area contributed by atoms with E-state index in [-0.39, 0.29) is 11.6 Å². The summed E-state index contributed by atoms with van der Waals surface area (Å²) in [6, 6.07) is 3.37. The first-order valence-corrected chi connectivity index (χ1v) is 5.38.